The molecule has 4 aromatic rings. The van der Waals surface area contributed by atoms with Gasteiger partial charge in [-0.25, -0.2) is 17.9 Å². The number of nitrogens with zero attached hydrogens (tertiary/aromatic N) is 3. The molecule has 0 bridgehead atoms. The third-order valence-electron chi connectivity index (χ3n) is 4.24. The molecule has 0 saturated heterocycles. The lowest BCUT2D eigenvalue weighted by Crippen LogP contribution is -2.09. The van der Waals surface area contributed by atoms with Gasteiger partial charge in [0.05, 0.1) is 31.1 Å². The van der Waals surface area contributed by atoms with Crippen molar-refractivity contribution in [1.82, 2.24) is 14.6 Å². The summed E-state index contributed by atoms with van der Waals surface area (Å²) in [5, 5.41) is 5.31. The van der Waals surface area contributed by atoms with E-state index >= 15 is 0 Å². The van der Waals surface area contributed by atoms with Crippen LogP contribution in [0.25, 0.3) is 28.1 Å². The van der Waals surface area contributed by atoms with Crippen molar-refractivity contribution in [2.45, 2.75) is 6.42 Å². The minimum absolute atomic E-state index is 0.0758. The second-order valence-corrected chi connectivity index (χ2v) is 8.66. The van der Waals surface area contributed by atoms with E-state index in [1.54, 1.807) is 30.0 Å². The van der Waals surface area contributed by atoms with Crippen molar-refractivity contribution in [3.63, 3.8) is 0 Å². The van der Waals surface area contributed by atoms with Crippen molar-refractivity contribution >= 4 is 26.5 Å². The maximum absolute atomic E-state index is 11.2. The Bertz CT molecular complexity index is 1240. The highest BCUT2D eigenvalue weighted by Crippen LogP contribution is 2.33. The number of hydrogen-bond donors (Lipinski definition) is 0. The number of methoxy groups -OCH3 is 1. The standard InChI is InChI=1S/C19H19N3O5S/c1-25-15-5-3-6-16-13(15)11-17(27-16)14-12-20-18-7-8-19(21-22(14)18)26-9-4-10-28(2,23)24/h3,5-8,11-12H,4,9-10H2,1-2H3. The number of fused-ring (bicyclic) bond motifs is 2. The Morgan fingerprint density at radius 2 is 2.07 bits per heavy atom. The van der Waals surface area contributed by atoms with Gasteiger partial charge in [0.2, 0.25) is 5.88 Å². The van der Waals surface area contributed by atoms with E-state index in [1.807, 2.05) is 24.3 Å². The quantitative estimate of drug-likeness (QED) is 0.439. The Morgan fingerprint density at radius 3 is 2.86 bits per heavy atom. The van der Waals surface area contributed by atoms with Crippen LogP contribution in [0, 0.1) is 0 Å². The number of ether oxygens (including phenoxy) is 2. The van der Waals surface area contributed by atoms with Crippen LogP contribution < -0.4 is 9.47 Å². The van der Waals surface area contributed by atoms with E-state index in [-0.39, 0.29) is 12.4 Å². The van der Waals surface area contributed by atoms with Crippen molar-refractivity contribution in [2.75, 3.05) is 25.7 Å². The topological polar surface area (TPSA) is 95.9 Å². The molecule has 3 heterocycles. The third kappa shape index (κ3) is 3.65. The average Bonchev–Trinajstić information content (AvgIpc) is 3.27. The van der Waals surface area contributed by atoms with Gasteiger partial charge in [0.15, 0.2) is 11.4 Å². The molecule has 0 aliphatic rings. The second kappa shape index (κ2) is 7.16. The Balaban J connectivity index is 1.63. The first kappa shape index (κ1) is 18.3. The molecule has 4 rings (SSSR count). The van der Waals surface area contributed by atoms with Crippen LogP contribution in [0.15, 0.2) is 47.0 Å². The first-order valence-corrected chi connectivity index (χ1v) is 10.7. The van der Waals surface area contributed by atoms with Crippen LogP contribution in [-0.2, 0) is 9.84 Å². The van der Waals surface area contributed by atoms with Crippen LogP contribution >= 0.6 is 0 Å². The van der Waals surface area contributed by atoms with Gasteiger partial charge in [-0.3, -0.25) is 0 Å². The number of hydrogen-bond acceptors (Lipinski definition) is 7. The fourth-order valence-corrected chi connectivity index (χ4v) is 3.58. The molecule has 0 unspecified atom stereocenters. The Hall–Kier alpha value is -3.07. The lowest BCUT2D eigenvalue weighted by molar-refractivity contribution is 0.301. The van der Waals surface area contributed by atoms with Crippen LogP contribution in [0.4, 0.5) is 0 Å². The fraction of sp³-hybridized carbons (Fsp3) is 0.263. The van der Waals surface area contributed by atoms with Gasteiger partial charge in [0.1, 0.15) is 26.9 Å². The number of furan rings is 1. The van der Waals surface area contributed by atoms with E-state index in [4.69, 9.17) is 13.9 Å². The summed E-state index contributed by atoms with van der Waals surface area (Å²) in [6.07, 6.45) is 3.29. The smallest absolute Gasteiger partial charge is 0.231 e. The SMILES string of the molecule is COc1cccc2oc(-c3cnc4ccc(OCCCS(C)(=O)=O)nn34)cc12. The van der Waals surface area contributed by atoms with Crippen LogP contribution in [0.2, 0.25) is 0 Å². The number of aromatic nitrogens is 3. The van der Waals surface area contributed by atoms with Crippen molar-refractivity contribution in [3.05, 3.63) is 42.6 Å². The predicted molar refractivity (Wildman–Crippen MR) is 105 cm³/mol. The van der Waals surface area contributed by atoms with Gasteiger partial charge in [-0.15, -0.1) is 5.10 Å². The molecular weight excluding hydrogens is 382 g/mol. The maximum atomic E-state index is 11.2. The molecule has 0 aliphatic heterocycles. The third-order valence-corrected chi connectivity index (χ3v) is 5.27. The van der Waals surface area contributed by atoms with E-state index in [2.05, 4.69) is 10.1 Å². The van der Waals surface area contributed by atoms with Crippen molar-refractivity contribution in [1.29, 1.82) is 0 Å². The largest absolute Gasteiger partial charge is 0.496 e. The highest BCUT2D eigenvalue weighted by molar-refractivity contribution is 7.90. The first-order valence-electron chi connectivity index (χ1n) is 8.67. The summed E-state index contributed by atoms with van der Waals surface area (Å²) >= 11 is 0. The molecule has 0 radical (unpaired) electrons. The molecule has 9 heteroatoms. The molecule has 28 heavy (non-hydrogen) atoms. The molecule has 0 fully saturated rings. The zero-order chi connectivity index (χ0) is 19.7. The Labute approximate surface area is 161 Å². The van der Waals surface area contributed by atoms with E-state index in [0.29, 0.717) is 35.0 Å². The molecular formula is C19H19N3O5S. The van der Waals surface area contributed by atoms with E-state index in [1.165, 1.54) is 6.26 Å². The molecule has 0 spiro atoms. The summed E-state index contributed by atoms with van der Waals surface area (Å²) in [7, 11) is -1.39. The Morgan fingerprint density at radius 1 is 1.21 bits per heavy atom. The summed E-state index contributed by atoms with van der Waals surface area (Å²) in [5.74, 6) is 1.79. The van der Waals surface area contributed by atoms with Gasteiger partial charge in [-0.05, 0) is 30.7 Å². The number of benzene rings is 1. The van der Waals surface area contributed by atoms with Crippen LogP contribution in [-0.4, -0.2) is 48.7 Å². The summed E-state index contributed by atoms with van der Waals surface area (Å²) in [6.45, 7) is 0.261. The van der Waals surface area contributed by atoms with Crippen molar-refractivity contribution in [2.24, 2.45) is 0 Å². The molecule has 0 amide bonds. The first-order chi connectivity index (χ1) is 13.4. The van der Waals surface area contributed by atoms with Gasteiger partial charge in [0.25, 0.3) is 0 Å². The second-order valence-electron chi connectivity index (χ2n) is 6.40. The minimum atomic E-state index is -3.00. The molecule has 3 aromatic heterocycles. The zero-order valence-corrected chi connectivity index (χ0v) is 16.3. The van der Waals surface area contributed by atoms with Gasteiger partial charge < -0.3 is 13.9 Å². The molecule has 0 atom stereocenters. The number of sulfone groups is 1. The highest BCUT2D eigenvalue weighted by atomic mass is 32.2. The van der Waals surface area contributed by atoms with Crippen LogP contribution in [0.5, 0.6) is 11.6 Å². The maximum Gasteiger partial charge on any atom is 0.231 e. The Kier molecular flexibility index (Phi) is 4.68. The van der Waals surface area contributed by atoms with Gasteiger partial charge >= 0.3 is 0 Å². The summed E-state index contributed by atoms with van der Waals surface area (Å²) < 4.78 is 41.0. The van der Waals surface area contributed by atoms with E-state index < -0.39 is 9.84 Å². The van der Waals surface area contributed by atoms with E-state index in [0.717, 1.165) is 11.1 Å². The van der Waals surface area contributed by atoms with Crippen LogP contribution in [0.3, 0.4) is 0 Å². The zero-order valence-electron chi connectivity index (χ0n) is 15.5. The van der Waals surface area contributed by atoms with Crippen molar-refractivity contribution < 1.29 is 22.3 Å². The lowest BCUT2D eigenvalue weighted by atomic mass is 10.2. The average molecular weight is 401 g/mol. The fourth-order valence-electron chi connectivity index (χ4n) is 2.94. The normalized spacial score (nSPS) is 11.9. The highest BCUT2D eigenvalue weighted by Gasteiger charge is 2.15. The van der Waals surface area contributed by atoms with Gasteiger partial charge in [-0.2, -0.15) is 0 Å². The predicted octanol–water partition coefficient (Wildman–Crippen LogP) is 2.96. The summed E-state index contributed by atoms with van der Waals surface area (Å²) in [6, 6.07) is 11.0. The monoisotopic (exact) mass is 401 g/mol. The van der Waals surface area contributed by atoms with Gasteiger partial charge in [-0.1, -0.05) is 6.07 Å². The minimum Gasteiger partial charge on any atom is -0.496 e. The van der Waals surface area contributed by atoms with Crippen LogP contribution in [0.1, 0.15) is 6.42 Å². The number of imidazole rings is 1. The summed E-state index contributed by atoms with van der Waals surface area (Å²) in [5.41, 5.74) is 2.03. The lowest BCUT2D eigenvalue weighted by Gasteiger charge is -2.05. The molecule has 0 aliphatic carbocycles. The van der Waals surface area contributed by atoms with E-state index in [9.17, 15) is 8.42 Å². The molecule has 1 aromatic carbocycles. The molecule has 0 N–H and O–H groups in total. The molecule has 8 nitrogen and oxygen atoms in total. The summed E-state index contributed by atoms with van der Waals surface area (Å²) in [4.78, 5) is 4.35. The number of rotatable bonds is 7. The molecule has 146 valence electrons. The molecule has 0 saturated carbocycles. The van der Waals surface area contributed by atoms with Gasteiger partial charge in [0, 0.05) is 12.3 Å². The van der Waals surface area contributed by atoms with Crippen molar-refractivity contribution in [3.8, 4) is 23.1 Å².